The average Bonchev–Trinajstić information content (AvgIpc) is 2.85. The predicted molar refractivity (Wildman–Crippen MR) is 136 cm³/mol. The van der Waals surface area contributed by atoms with Crippen molar-refractivity contribution in [2.75, 3.05) is 18.8 Å². The van der Waals surface area contributed by atoms with E-state index in [9.17, 15) is 13.2 Å². The van der Waals surface area contributed by atoms with Crippen molar-refractivity contribution in [3.8, 4) is 0 Å². The molecule has 0 N–H and O–H groups in total. The van der Waals surface area contributed by atoms with Crippen molar-refractivity contribution >= 4 is 38.3 Å². The molecule has 1 saturated heterocycles. The molecule has 1 fully saturated rings. The Balaban J connectivity index is 1.57. The molecular formula is C26H30ClN3O3S. The Kier molecular flexibility index (Phi) is 7.86. The number of pyridine rings is 1. The lowest BCUT2D eigenvalue weighted by atomic mass is 10.0. The van der Waals surface area contributed by atoms with Gasteiger partial charge in [-0.05, 0) is 48.4 Å². The highest BCUT2D eigenvalue weighted by Crippen LogP contribution is 2.25. The van der Waals surface area contributed by atoms with E-state index in [4.69, 9.17) is 11.6 Å². The number of aromatic nitrogens is 1. The van der Waals surface area contributed by atoms with Gasteiger partial charge >= 0.3 is 0 Å². The van der Waals surface area contributed by atoms with Crippen LogP contribution in [0.2, 0.25) is 5.02 Å². The van der Waals surface area contributed by atoms with Crippen LogP contribution >= 0.6 is 11.6 Å². The van der Waals surface area contributed by atoms with Crippen LogP contribution in [-0.4, -0.2) is 53.4 Å². The molecule has 2 heterocycles. The SMILES string of the molecule is CCCCS(=O)(=O)N1CCC(N(Cc2cccc(Cl)c2)C(=O)c2cc3ccccc3cn2)CC1. The molecule has 0 spiro atoms. The quantitative estimate of drug-likeness (QED) is 0.431. The van der Waals surface area contributed by atoms with Crippen LogP contribution in [0.1, 0.15) is 48.7 Å². The molecule has 8 heteroatoms. The van der Waals surface area contributed by atoms with Crippen molar-refractivity contribution in [1.29, 1.82) is 0 Å². The van der Waals surface area contributed by atoms with E-state index in [2.05, 4.69) is 4.98 Å². The van der Waals surface area contributed by atoms with Crippen molar-refractivity contribution in [3.05, 3.63) is 77.1 Å². The maximum atomic E-state index is 13.7. The summed E-state index contributed by atoms with van der Waals surface area (Å²) in [6, 6.07) is 17.0. The number of halogens is 1. The van der Waals surface area contributed by atoms with Gasteiger partial charge in [0.1, 0.15) is 5.69 Å². The summed E-state index contributed by atoms with van der Waals surface area (Å²) in [6.07, 6.45) is 4.41. The van der Waals surface area contributed by atoms with Gasteiger partial charge in [0.05, 0.1) is 5.75 Å². The van der Waals surface area contributed by atoms with Gasteiger partial charge in [-0.25, -0.2) is 12.7 Å². The molecule has 2 aromatic carbocycles. The van der Waals surface area contributed by atoms with E-state index in [1.165, 1.54) is 0 Å². The number of rotatable bonds is 8. The molecule has 0 saturated carbocycles. The predicted octanol–water partition coefficient (Wildman–Crippen LogP) is 5.12. The summed E-state index contributed by atoms with van der Waals surface area (Å²) in [7, 11) is -3.26. The van der Waals surface area contributed by atoms with Crippen LogP contribution in [0.3, 0.4) is 0 Å². The summed E-state index contributed by atoms with van der Waals surface area (Å²) in [5.74, 6) is 0.0263. The molecule has 34 heavy (non-hydrogen) atoms. The first kappa shape index (κ1) is 24.6. The van der Waals surface area contributed by atoms with Gasteiger partial charge in [-0.3, -0.25) is 9.78 Å². The fourth-order valence-electron chi connectivity index (χ4n) is 4.43. The van der Waals surface area contributed by atoms with E-state index in [-0.39, 0.29) is 17.7 Å². The summed E-state index contributed by atoms with van der Waals surface area (Å²) in [5, 5.41) is 2.55. The highest BCUT2D eigenvalue weighted by Gasteiger charge is 2.33. The smallest absolute Gasteiger partial charge is 0.273 e. The minimum atomic E-state index is -3.26. The second-order valence-corrected chi connectivity index (χ2v) is 11.3. The normalized spacial score (nSPS) is 15.5. The van der Waals surface area contributed by atoms with Crippen LogP contribution in [0, 0.1) is 0 Å². The van der Waals surface area contributed by atoms with E-state index in [1.54, 1.807) is 10.5 Å². The van der Waals surface area contributed by atoms with Crippen LogP contribution in [0.15, 0.2) is 60.8 Å². The Hall–Kier alpha value is -2.48. The molecule has 0 radical (unpaired) electrons. The van der Waals surface area contributed by atoms with Crippen LogP contribution in [0.5, 0.6) is 0 Å². The fourth-order valence-corrected chi connectivity index (χ4v) is 6.33. The second-order valence-electron chi connectivity index (χ2n) is 8.78. The van der Waals surface area contributed by atoms with Crippen molar-refractivity contribution in [2.24, 2.45) is 0 Å². The summed E-state index contributed by atoms with van der Waals surface area (Å²) in [5.41, 5.74) is 1.32. The number of sulfonamides is 1. The fraction of sp³-hybridized carbons (Fsp3) is 0.385. The number of piperidine rings is 1. The lowest BCUT2D eigenvalue weighted by Crippen LogP contribution is -2.49. The van der Waals surface area contributed by atoms with E-state index in [0.29, 0.717) is 49.6 Å². The van der Waals surface area contributed by atoms with Gasteiger partial charge in [0.25, 0.3) is 5.91 Å². The number of nitrogens with zero attached hydrogens (tertiary/aromatic N) is 3. The highest BCUT2D eigenvalue weighted by atomic mass is 35.5. The Morgan fingerprint density at radius 1 is 1.09 bits per heavy atom. The Morgan fingerprint density at radius 3 is 2.53 bits per heavy atom. The van der Waals surface area contributed by atoms with E-state index in [1.807, 2.05) is 66.4 Å². The molecule has 180 valence electrons. The van der Waals surface area contributed by atoms with Crippen LogP contribution in [0.4, 0.5) is 0 Å². The van der Waals surface area contributed by atoms with E-state index < -0.39 is 10.0 Å². The van der Waals surface area contributed by atoms with Gasteiger partial charge < -0.3 is 4.90 Å². The maximum absolute atomic E-state index is 13.7. The van der Waals surface area contributed by atoms with E-state index >= 15 is 0 Å². The van der Waals surface area contributed by atoms with Gasteiger partial charge in [-0.15, -0.1) is 0 Å². The summed E-state index contributed by atoms with van der Waals surface area (Å²) in [4.78, 5) is 20.0. The molecule has 1 aliphatic rings. The Bertz CT molecular complexity index is 1260. The third-order valence-electron chi connectivity index (χ3n) is 6.37. The first-order valence-electron chi connectivity index (χ1n) is 11.8. The topological polar surface area (TPSA) is 70.6 Å². The molecule has 0 atom stereocenters. The Morgan fingerprint density at radius 2 is 1.82 bits per heavy atom. The first-order valence-corrected chi connectivity index (χ1v) is 13.7. The number of fused-ring (bicyclic) bond motifs is 1. The zero-order valence-electron chi connectivity index (χ0n) is 19.4. The number of benzene rings is 2. The standard InChI is InChI=1S/C26H30ClN3O3S/c1-2-3-15-34(32,33)29-13-11-24(12-14-29)30(19-20-7-6-10-23(27)16-20)26(31)25-17-21-8-4-5-9-22(21)18-28-25/h4-10,16-18,24H,2-3,11-15,19H2,1H3. The summed E-state index contributed by atoms with van der Waals surface area (Å²) < 4.78 is 26.9. The highest BCUT2D eigenvalue weighted by molar-refractivity contribution is 7.89. The summed E-state index contributed by atoms with van der Waals surface area (Å²) in [6.45, 7) is 3.21. The molecule has 0 unspecified atom stereocenters. The van der Waals surface area contributed by atoms with Crippen LogP contribution in [-0.2, 0) is 16.6 Å². The van der Waals surface area contributed by atoms with Crippen LogP contribution in [0.25, 0.3) is 10.8 Å². The van der Waals surface area contributed by atoms with Crippen molar-refractivity contribution < 1.29 is 13.2 Å². The lowest BCUT2D eigenvalue weighted by molar-refractivity contribution is 0.0590. The number of amides is 1. The minimum absolute atomic E-state index is 0.0858. The van der Waals surface area contributed by atoms with E-state index in [0.717, 1.165) is 22.8 Å². The number of carbonyl (C=O) groups is 1. The third-order valence-corrected chi connectivity index (χ3v) is 8.56. The minimum Gasteiger partial charge on any atom is -0.330 e. The molecule has 3 aromatic rings. The van der Waals surface area contributed by atoms with Gasteiger partial charge in [0.15, 0.2) is 0 Å². The average molecular weight is 500 g/mol. The van der Waals surface area contributed by atoms with Gasteiger partial charge in [0, 0.05) is 42.3 Å². The van der Waals surface area contributed by atoms with Crippen molar-refractivity contribution in [2.45, 2.75) is 45.2 Å². The molecule has 4 rings (SSSR count). The lowest BCUT2D eigenvalue weighted by Gasteiger charge is -2.38. The van der Waals surface area contributed by atoms with Gasteiger partial charge in [-0.2, -0.15) is 0 Å². The zero-order chi connectivity index (χ0) is 24.1. The first-order chi connectivity index (χ1) is 16.4. The van der Waals surface area contributed by atoms with Crippen molar-refractivity contribution in [1.82, 2.24) is 14.2 Å². The summed E-state index contributed by atoms with van der Waals surface area (Å²) >= 11 is 6.20. The third kappa shape index (κ3) is 5.77. The maximum Gasteiger partial charge on any atom is 0.273 e. The number of unbranched alkanes of at least 4 members (excludes halogenated alkanes) is 1. The molecule has 1 aromatic heterocycles. The molecule has 6 nitrogen and oxygen atoms in total. The number of carbonyl (C=O) groups excluding carboxylic acids is 1. The molecule has 1 amide bonds. The van der Waals surface area contributed by atoms with Crippen LogP contribution < -0.4 is 0 Å². The number of hydrogen-bond donors (Lipinski definition) is 0. The van der Waals surface area contributed by atoms with Gasteiger partial charge in [0.2, 0.25) is 10.0 Å². The molecular weight excluding hydrogens is 470 g/mol. The second kappa shape index (κ2) is 10.8. The Labute approximate surface area is 206 Å². The zero-order valence-corrected chi connectivity index (χ0v) is 20.9. The largest absolute Gasteiger partial charge is 0.330 e. The molecule has 1 aliphatic heterocycles. The monoisotopic (exact) mass is 499 g/mol. The van der Waals surface area contributed by atoms with Gasteiger partial charge in [-0.1, -0.05) is 61.3 Å². The molecule has 0 aliphatic carbocycles. The molecule has 0 bridgehead atoms. The number of hydrogen-bond acceptors (Lipinski definition) is 4. The van der Waals surface area contributed by atoms with Crippen molar-refractivity contribution in [3.63, 3.8) is 0 Å².